The number of benzene rings is 1. The smallest absolute Gasteiger partial charge is 0.257 e. The molecule has 2 fully saturated rings. The lowest BCUT2D eigenvalue weighted by molar-refractivity contribution is -0.140. The molecule has 1 spiro atoms. The number of rotatable bonds is 3. The van der Waals surface area contributed by atoms with Crippen LogP contribution >= 0.6 is 0 Å². The van der Waals surface area contributed by atoms with Gasteiger partial charge in [0.05, 0.1) is 11.7 Å². The van der Waals surface area contributed by atoms with Crippen LogP contribution in [0.1, 0.15) is 48.5 Å². The number of hydrogen-bond acceptors (Lipinski definition) is 4. The number of carbonyl (C=O) groups is 2. The summed E-state index contributed by atoms with van der Waals surface area (Å²) in [7, 11) is 0. The first-order valence-corrected chi connectivity index (χ1v) is 9.35. The molecule has 0 unspecified atom stereocenters. The van der Waals surface area contributed by atoms with Crippen LogP contribution in [0.5, 0.6) is 5.75 Å². The summed E-state index contributed by atoms with van der Waals surface area (Å²) in [5.41, 5.74) is 1.09. The van der Waals surface area contributed by atoms with E-state index >= 15 is 0 Å². The molecule has 2 aliphatic rings. The SMILES string of the molecule is Cc1cccc(C(=O)N2CCC3(CCC(=O)N(C[C@H](C)O)C3)CC2)c1O. The molecule has 26 heavy (non-hydrogen) atoms. The minimum atomic E-state index is -0.528. The van der Waals surface area contributed by atoms with Gasteiger partial charge in [0.2, 0.25) is 5.91 Å². The van der Waals surface area contributed by atoms with Crippen LogP contribution in [0, 0.1) is 12.3 Å². The van der Waals surface area contributed by atoms with E-state index in [2.05, 4.69) is 0 Å². The van der Waals surface area contributed by atoms with Crippen LogP contribution in [0.4, 0.5) is 0 Å². The molecule has 0 bridgehead atoms. The van der Waals surface area contributed by atoms with Crippen LogP contribution in [-0.2, 0) is 4.79 Å². The highest BCUT2D eigenvalue weighted by Gasteiger charge is 2.42. The lowest BCUT2D eigenvalue weighted by atomic mass is 9.72. The summed E-state index contributed by atoms with van der Waals surface area (Å²) >= 11 is 0. The number of aliphatic hydroxyl groups excluding tert-OH is 1. The van der Waals surface area contributed by atoms with E-state index < -0.39 is 6.10 Å². The number of hydrogen-bond donors (Lipinski definition) is 2. The third-order valence-electron chi connectivity index (χ3n) is 5.81. The number of β-amino-alcohol motifs (C(OH)–C–C–N with tert-alkyl or cyclic N) is 1. The van der Waals surface area contributed by atoms with Gasteiger partial charge in [-0.25, -0.2) is 0 Å². The summed E-state index contributed by atoms with van der Waals surface area (Å²) in [5, 5.41) is 19.8. The molecule has 2 heterocycles. The summed E-state index contributed by atoms with van der Waals surface area (Å²) in [6.45, 7) is 5.78. The van der Waals surface area contributed by atoms with Crippen molar-refractivity contribution in [2.45, 2.75) is 45.6 Å². The monoisotopic (exact) mass is 360 g/mol. The fourth-order valence-electron chi connectivity index (χ4n) is 4.18. The number of amides is 2. The summed E-state index contributed by atoms with van der Waals surface area (Å²) in [6, 6.07) is 5.24. The zero-order chi connectivity index (χ0) is 18.9. The van der Waals surface area contributed by atoms with Gasteiger partial charge in [-0.2, -0.15) is 0 Å². The highest BCUT2D eigenvalue weighted by atomic mass is 16.3. The number of aryl methyl sites for hydroxylation is 1. The van der Waals surface area contributed by atoms with Gasteiger partial charge < -0.3 is 20.0 Å². The maximum Gasteiger partial charge on any atom is 0.257 e. The average Bonchev–Trinajstić information content (AvgIpc) is 2.60. The van der Waals surface area contributed by atoms with Crippen molar-refractivity contribution in [3.05, 3.63) is 29.3 Å². The first-order valence-electron chi connectivity index (χ1n) is 9.35. The number of aromatic hydroxyl groups is 1. The molecule has 2 N–H and O–H groups in total. The van der Waals surface area contributed by atoms with E-state index in [9.17, 15) is 19.8 Å². The van der Waals surface area contributed by atoms with Crippen LogP contribution < -0.4 is 0 Å². The topological polar surface area (TPSA) is 81.1 Å². The summed E-state index contributed by atoms with van der Waals surface area (Å²) in [5.74, 6) is 0.0395. The molecule has 6 heteroatoms. The van der Waals surface area contributed by atoms with E-state index in [1.165, 1.54) is 0 Å². The quantitative estimate of drug-likeness (QED) is 0.863. The van der Waals surface area contributed by atoms with Gasteiger partial charge in [0, 0.05) is 32.6 Å². The summed E-state index contributed by atoms with van der Waals surface area (Å²) in [4.78, 5) is 28.5. The van der Waals surface area contributed by atoms with Crippen molar-refractivity contribution in [2.75, 3.05) is 26.2 Å². The van der Waals surface area contributed by atoms with Gasteiger partial charge in [0.1, 0.15) is 5.75 Å². The Morgan fingerprint density at radius 2 is 1.96 bits per heavy atom. The number of likely N-dealkylation sites (tertiary alicyclic amines) is 2. The molecule has 6 nitrogen and oxygen atoms in total. The van der Waals surface area contributed by atoms with Crippen LogP contribution in [0.3, 0.4) is 0 Å². The van der Waals surface area contributed by atoms with E-state index in [1.807, 2.05) is 0 Å². The fraction of sp³-hybridized carbons (Fsp3) is 0.600. The number of phenols is 1. The summed E-state index contributed by atoms with van der Waals surface area (Å²) in [6.07, 6.45) is 2.52. The molecule has 0 saturated carbocycles. The average molecular weight is 360 g/mol. The molecule has 0 aliphatic carbocycles. The maximum absolute atomic E-state index is 12.8. The number of para-hydroxylation sites is 1. The Morgan fingerprint density at radius 3 is 2.62 bits per heavy atom. The predicted octanol–water partition coefficient (Wildman–Crippen LogP) is 1.93. The number of aliphatic hydroxyl groups is 1. The predicted molar refractivity (Wildman–Crippen MR) is 97.9 cm³/mol. The Morgan fingerprint density at radius 1 is 1.27 bits per heavy atom. The molecule has 0 aromatic heterocycles. The zero-order valence-corrected chi connectivity index (χ0v) is 15.6. The van der Waals surface area contributed by atoms with Crippen molar-refractivity contribution in [3.63, 3.8) is 0 Å². The van der Waals surface area contributed by atoms with Crippen molar-refractivity contribution in [1.29, 1.82) is 0 Å². The third-order valence-corrected chi connectivity index (χ3v) is 5.81. The molecule has 1 aromatic rings. The van der Waals surface area contributed by atoms with Crippen molar-refractivity contribution in [2.24, 2.45) is 5.41 Å². The standard InChI is InChI=1S/C20H28N2O4/c1-14-4-3-5-16(18(14)25)19(26)21-10-8-20(9-11-21)7-6-17(24)22(13-20)12-15(2)23/h3-5,15,23,25H,6-13H2,1-2H3/t15-/m0/s1. The number of piperidine rings is 2. The highest BCUT2D eigenvalue weighted by molar-refractivity contribution is 5.97. The second kappa shape index (κ2) is 7.27. The van der Waals surface area contributed by atoms with Gasteiger partial charge in [-0.3, -0.25) is 9.59 Å². The molecular weight excluding hydrogens is 332 g/mol. The molecule has 1 atom stereocenters. The van der Waals surface area contributed by atoms with Crippen molar-refractivity contribution in [1.82, 2.24) is 9.80 Å². The maximum atomic E-state index is 12.8. The van der Waals surface area contributed by atoms with Crippen LogP contribution in [0.15, 0.2) is 18.2 Å². The minimum Gasteiger partial charge on any atom is -0.507 e. The van der Waals surface area contributed by atoms with Gasteiger partial charge in [0.25, 0.3) is 5.91 Å². The molecule has 2 saturated heterocycles. The number of nitrogens with zero attached hydrogens (tertiary/aromatic N) is 2. The van der Waals surface area contributed by atoms with E-state index in [4.69, 9.17) is 0 Å². The number of carbonyl (C=O) groups excluding carboxylic acids is 2. The van der Waals surface area contributed by atoms with Gasteiger partial charge in [-0.1, -0.05) is 12.1 Å². The van der Waals surface area contributed by atoms with Crippen LogP contribution in [0.2, 0.25) is 0 Å². The minimum absolute atomic E-state index is 0.0359. The van der Waals surface area contributed by atoms with Crippen molar-refractivity contribution >= 4 is 11.8 Å². The molecule has 1 aromatic carbocycles. The molecule has 2 amide bonds. The van der Waals surface area contributed by atoms with E-state index in [1.54, 1.807) is 41.8 Å². The Hall–Kier alpha value is -2.08. The lowest BCUT2D eigenvalue weighted by Crippen LogP contribution is -2.53. The van der Waals surface area contributed by atoms with E-state index in [0.717, 1.165) is 19.3 Å². The van der Waals surface area contributed by atoms with Gasteiger partial charge in [-0.15, -0.1) is 0 Å². The molecule has 142 valence electrons. The fourth-order valence-corrected chi connectivity index (χ4v) is 4.18. The molecule has 3 rings (SSSR count). The normalized spacial score (nSPS) is 21.1. The second-order valence-corrected chi connectivity index (χ2v) is 7.89. The zero-order valence-electron chi connectivity index (χ0n) is 15.6. The van der Waals surface area contributed by atoms with Crippen LogP contribution in [-0.4, -0.2) is 64.1 Å². The first-order chi connectivity index (χ1) is 12.3. The number of phenolic OH excluding ortho intramolecular Hbond substituents is 1. The van der Waals surface area contributed by atoms with Crippen LogP contribution in [0.25, 0.3) is 0 Å². The van der Waals surface area contributed by atoms with Crippen molar-refractivity contribution in [3.8, 4) is 5.75 Å². The third kappa shape index (κ3) is 3.70. The largest absolute Gasteiger partial charge is 0.507 e. The summed E-state index contributed by atoms with van der Waals surface area (Å²) < 4.78 is 0. The Bertz CT molecular complexity index is 693. The van der Waals surface area contributed by atoms with Gasteiger partial charge in [0.15, 0.2) is 0 Å². The first kappa shape index (κ1) is 18.7. The van der Waals surface area contributed by atoms with Gasteiger partial charge in [-0.05, 0) is 50.2 Å². The Labute approximate surface area is 154 Å². The van der Waals surface area contributed by atoms with E-state index in [-0.39, 0.29) is 23.0 Å². The second-order valence-electron chi connectivity index (χ2n) is 7.89. The Balaban J connectivity index is 1.66. The molecule has 2 aliphatic heterocycles. The van der Waals surface area contributed by atoms with E-state index in [0.29, 0.717) is 43.7 Å². The molecular formula is C20H28N2O4. The lowest BCUT2D eigenvalue weighted by Gasteiger charge is -2.47. The highest BCUT2D eigenvalue weighted by Crippen LogP contribution is 2.40. The molecule has 0 radical (unpaired) electrons. The van der Waals surface area contributed by atoms with Crippen molar-refractivity contribution < 1.29 is 19.8 Å². The Kier molecular flexibility index (Phi) is 5.23. The van der Waals surface area contributed by atoms with Gasteiger partial charge >= 0.3 is 0 Å².